The van der Waals surface area contributed by atoms with Crippen molar-refractivity contribution in [2.75, 3.05) is 0 Å². The van der Waals surface area contributed by atoms with Gasteiger partial charge in [0.25, 0.3) is 0 Å². The summed E-state index contributed by atoms with van der Waals surface area (Å²) in [5.74, 6) is -0.0331. The monoisotopic (exact) mass is 284 g/mol. The average Bonchev–Trinajstić information content (AvgIpc) is 2.50. The molecule has 0 spiro atoms. The van der Waals surface area contributed by atoms with E-state index in [0.717, 1.165) is 11.3 Å². The fraction of sp³-hybridized carbons (Fsp3) is 0.615. The summed E-state index contributed by atoms with van der Waals surface area (Å²) in [4.78, 5) is 22.3. The van der Waals surface area contributed by atoms with Crippen LogP contribution < -0.4 is 0 Å². The minimum atomic E-state index is -0.809. The van der Waals surface area contributed by atoms with Crippen LogP contribution in [0.5, 0.6) is 0 Å². The number of aryl methyl sites for hydroxylation is 1. The lowest BCUT2D eigenvalue weighted by Gasteiger charge is -2.27. The number of hydrogen-bond acceptors (Lipinski definition) is 4. The zero-order chi connectivity index (χ0) is 14.8. The average molecular weight is 284 g/mol. The van der Waals surface area contributed by atoms with E-state index in [9.17, 15) is 14.9 Å². The van der Waals surface area contributed by atoms with Crippen LogP contribution in [-0.4, -0.2) is 20.7 Å². The van der Waals surface area contributed by atoms with Crippen molar-refractivity contribution >= 4 is 18.6 Å². The number of Topliss-reactive ketones (excluding diaryl/α,β-unsaturated/α-hetero) is 1. The van der Waals surface area contributed by atoms with E-state index in [1.54, 1.807) is 17.8 Å². The Balaban J connectivity index is 2.99. The number of carbonyl (C=O) groups is 1. The van der Waals surface area contributed by atoms with Gasteiger partial charge in [-0.05, 0) is 25.5 Å². The molecule has 0 saturated carbocycles. The number of hydrogen-bond donors (Lipinski definition) is 1. The molecule has 0 aliphatic carbocycles. The molecule has 1 heterocycles. The molecule has 6 heteroatoms. The van der Waals surface area contributed by atoms with Crippen LogP contribution in [0.15, 0.2) is 12.3 Å². The van der Waals surface area contributed by atoms with E-state index in [4.69, 9.17) is 0 Å². The van der Waals surface area contributed by atoms with Crippen LogP contribution in [0.25, 0.3) is 0 Å². The Morgan fingerprint density at radius 3 is 2.53 bits per heavy atom. The van der Waals surface area contributed by atoms with Crippen molar-refractivity contribution in [1.82, 2.24) is 3.97 Å². The van der Waals surface area contributed by atoms with Gasteiger partial charge in [0.05, 0.1) is 6.42 Å². The third-order valence-corrected chi connectivity index (χ3v) is 3.65. The van der Waals surface area contributed by atoms with Crippen LogP contribution in [0, 0.1) is 22.5 Å². The molecule has 106 valence electrons. The minimum Gasteiger partial charge on any atom is -0.300 e. The molecular weight excluding hydrogens is 264 g/mol. The summed E-state index contributed by atoms with van der Waals surface area (Å²) in [6.07, 6.45) is 2.28. The van der Waals surface area contributed by atoms with Gasteiger partial charge in [-0.1, -0.05) is 26.7 Å². The first kappa shape index (κ1) is 15.8. The Morgan fingerprint density at radius 2 is 2.16 bits per heavy atom. The van der Waals surface area contributed by atoms with Gasteiger partial charge >= 0.3 is 0 Å². The molecule has 19 heavy (non-hydrogen) atoms. The van der Waals surface area contributed by atoms with Gasteiger partial charge in [-0.15, -0.1) is 0 Å². The summed E-state index contributed by atoms with van der Waals surface area (Å²) in [6.45, 7) is 6.91. The van der Waals surface area contributed by atoms with Gasteiger partial charge in [0.15, 0.2) is 0 Å². The topological polar surface area (TPSA) is 65.1 Å². The summed E-state index contributed by atoms with van der Waals surface area (Å²) >= 11 is 4.25. The summed E-state index contributed by atoms with van der Waals surface area (Å²) < 4.78 is 1.61. The molecule has 1 rings (SSSR count). The SMILES string of the molecule is CC(=O)CC(C)(C)C(Cc1cc(C)cn1S)[N+](=O)[O-]. The number of thiol groups is 1. The molecule has 1 aromatic heterocycles. The molecule has 1 aromatic rings. The van der Waals surface area contributed by atoms with Gasteiger partial charge in [0.1, 0.15) is 5.78 Å². The maximum Gasteiger partial charge on any atom is 0.224 e. The van der Waals surface area contributed by atoms with Gasteiger partial charge in [-0.3, -0.25) is 14.1 Å². The fourth-order valence-electron chi connectivity index (χ4n) is 2.39. The lowest BCUT2D eigenvalue weighted by molar-refractivity contribution is -0.540. The largest absolute Gasteiger partial charge is 0.300 e. The van der Waals surface area contributed by atoms with Crippen molar-refractivity contribution in [2.24, 2.45) is 5.41 Å². The van der Waals surface area contributed by atoms with E-state index >= 15 is 0 Å². The molecule has 0 bridgehead atoms. The molecule has 0 radical (unpaired) electrons. The quantitative estimate of drug-likeness (QED) is 0.496. The molecule has 0 aromatic carbocycles. The molecule has 0 fully saturated rings. The van der Waals surface area contributed by atoms with Crippen molar-refractivity contribution in [3.8, 4) is 0 Å². The lowest BCUT2D eigenvalue weighted by atomic mass is 9.78. The number of nitro groups is 1. The molecule has 0 aliphatic heterocycles. The normalized spacial score (nSPS) is 13.3. The molecule has 0 amide bonds. The Bertz CT molecular complexity index is 494. The Morgan fingerprint density at radius 1 is 1.58 bits per heavy atom. The minimum absolute atomic E-state index is 0.0331. The van der Waals surface area contributed by atoms with Crippen LogP contribution in [0.1, 0.15) is 38.4 Å². The zero-order valence-electron chi connectivity index (χ0n) is 11.7. The number of carbonyl (C=O) groups excluding carboxylic acids is 1. The molecule has 5 nitrogen and oxygen atoms in total. The van der Waals surface area contributed by atoms with E-state index in [0.29, 0.717) is 0 Å². The Hall–Kier alpha value is -1.30. The second-order valence-corrected chi connectivity index (χ2v) is 6.16. The van der Waals surface area contributed by atoms with Crippen molar-refractivity contribution in [3.05, 3.63) is 33.6 Å². The highest BCUT2D eigenvalue weighted by molar-refractivity contribution is 7.78. The zero-order valence-corrected chi connectivity index (χ0v) is 12.6. The number of rotatable bonds is 6. The van der Waals surface area contributed by atoms with Crippen molar-refractivity contribution < 1.29 is 9.72 Å². The van der Waals surface area contributed by atoms with Crippen molar-refractivity contribution in [3.63, 3.8) is 0 Å². The predicted octanol–water partition coefficient (Wildman–Crippen LogP) is 2.68. The van der Waals surface area contributed by atoms with Gasteiger partial charge in [0.2, 0.25) is 6.04 Å². The summed E-state index contributed by atoms with van der Waals surface area (Å²) in [6, 6.07) is 1.07. The lowest BCUT2D eigenvalue weighted by Crippen LogP contribution is -2.39. The first-order valence-corrected chi connectivity index (χ1v) is 6.53. The molecule has 0 aliphatic rings. The highest BCUT2D eigenvalue weighted by atomic mass is 32.1. The molecule has 0 N–H and O–H groups in total. The van der Waals surface area contributed by atoms with Gasteiger partial charge in [-0.25, -0.2) is 0 Å². The fourth-order valence-corrected chi connectivity index (χ4v) is 2.71. The van der Waals surface area contributed by atoms with Crippen LogP contribution in [0.3, 0.4) is 0 Å². The van der Waals surface area contributed by atoms with E-state index in [1.807, 2.05) is 19.2 Å². The van der Waals surface area contributed by atoms with Crippen molar-refractivity contribution in [2.45, 2.75) is 46.6 Å². The van der Waals surface area contributed by atoms with Gasteiger partial charge in [0, 0.05) is 28.6 Å². The van der Waals surface area contributed by atoms with E-state index in [2.05, 4.69) is 12.8 Å². The van der Waals surface area contributed by atoms with Crippen LogP contribution in [-0.2, 0) is 11.2 Å². The third-order valence-electron chi connectivity index (χ3n) is 3.28. The second kappa shape index (κ2) is 5.77. The summed E-state index contributed by atoms with van der Waals surface area (Å²) in [7, 11) is 0. The summed E-state index contributed by atoms with van der Waals surface area (Å²) in [5.41, 5.74) is 1.12. The number of nitrogens with zero attached hydrogens (tertiary/aromatic N) is 2. The van der Waals surface area contributed by atoms with Crippen LogP contribution >= 0.6 is 12.8 Å². The van der Waals surface area contributed by atoms with E-state index < -0.39 is 11.5 Å². The summed E-state index contributed by atoms with van der Waals surface area (Å²) in [5, 5.41) is 11.3. The van der Waals surface area contributed by atoms with E-state index in [1.165, 1.54) is 6.92 Å². The first-order valence-electron chi connectivity index (χ1n) is 6.13. The molecule has 1 atom stereocenters. The Kier molecular flexibility index (Phi) is 4.79. The predicted molar refractivity (Wildman–Crippen MR) is 77.1 cm³/mol. The van der Waals surface area contributed by atoms with Gasteiger partial charge in [-0.2, -0.15) is 0 Å². The van der Waals surface area contributed by atoms with Gasteiger partial charge < -0.3 is 4.79 Å². The molecule has 0 saturated heterocycles. The highest BCUT2D eigenvalue weighted by Crippen LogP contribution is 2.30. The third kappa shape index (κ3) is 4.09. The van der Waals surface area contributed by atoms with Crippen LogP contribution in [0.4, 0.5) is 0 Å². The van der Waals surface area contributed by atoms with Crippen LogP contribution in [0.2, 0.25) is 0 Å². The number of ketones is 1. The molecule has 1 unspecified atom stereocenters. The van der Waals surface area contributed by atoms with E-state index in [-0.39, 0.29) is 23.5 Å². The first-order chi connectivity index (χ1) is 8.63. The highest BCUT2D eigenvalue weighted by Gasteiger charge is 2.40. The standard InChI is InChI=1S/C13H20N2O3S/c1-9-5-11(14(19)8-9)6-12(15(17)18)13(3,4)7-10(2)16/h5,8,12,19H,6-7H2,1-4H3. The molecular formula is C13H20N2O3S. The van der Waals surface area contributed by atoms with Crippen molar-refractivity contribution in [1.29, 1.82) is 0 Å². The second-order valence-electron chi connectivity index (χ2n) is 5.73. The smallest absolute Gasteiger partial charge is 0.224 e. The number of aromatic nitrogens is 1. The Labute approximate surface area is 118 Å². The maximum absolute atomic E-state index is 11.3. The maximum atomic E-state index is 11.3.